The molecule has 2 atom stereocenters. The summed E-state index contributed by atoms with van der Waals surface area (Å²) in [5.74, 6) is -0.224. The number of amides is 2. The van der Waals surface area contributed by atoms with Crippen LogP contribution in [0.25, 0.3) is 0 Å². The van der Waals surface area contributed by atoms with Crippen molar-refractivity contribution in [2.45, 2.75) is 25.3 Å². The summed E-state index contributed by atoms with van der Waals surface area (Å²) in [7, 11) is 0. The van der Waals surface area contributed by atoms with Gasteiger partial charge in [-0.1, -0.05) is 0 Å². The molecular formula is C10H17N3O2. The summed E-state index contributed by atoms with van der Waals surface area (Å²) in [4.78, 5) is 24.9. The van der Waals surface area contributed by atoms with Gasteiger partial charge in [-0.15, -0.1) is 0 Å². The fourth-order valence-corrected chi connectivity index (χ4v) is 2.43. The summed E-state index contributed by atoms with van der Waals surface area (Å²) in [6.45, 7) is 2.31. The van der Waals surface area contributed by atoms with Crippen LogP contribution in [0.5, 0.6) is 0 Å². The highest BCUT2D eigenvalue weighted by atomic mass is 16.2. The van der Waals surface area contributed by atoms with E-state index in [-0.39, 0.29) is 23.8 Å². The first-order valence-electron chi connectivity index (χ1n) is 5.50. The predicted octanol–water partition coefficient (Wildman–Crippen LogP) is -0.928. The fraction of sp³-hybridized carbons (Fsp3) is 0.800. The standard InChI is InChI=1S/C10H17N3O2/c11-9(14)8-2-1-5-13(8)10(15)7-3-4-12-6-7/h7-8,12H,1-6H2,(H2,11,14). The van der Waals surface area contributed by atoms with Crippen LogP contribution in [0.15, 0.2) is 0 Å². The first kappa shape index (κ1) is 10.4. The molecule has 0 spiro atoms. The van der Waals surface area contributed by atoms with E-state index in [9.17, 15) is 9.59 Å². The third kappa shape index (κ3) is 1.97. The average Bonchev–Trinajstić information content (AvgIpc) is 2.88. The van der Waals surface area contributed by atoms with E-state index in [4.69, 9.17) is 5.73 Å². The van der Waals surface area contributed by atoms with E-state index in [2.05, 4.69) is 5.32 Å². The maximum Gasteiger partial charge on any atom is 0.240 e. The van der Waals surface area contributed by atoms with E-state index in [0.717, 1.165) is 32.4 Å². The Labute approximate surface area is 89.0 Å². The van der Waals surface area contributed by atoms with Crippen molar-refractivity contribution < 1.29 is 9.59 Å². The molecule has 0 bridgehead atoms. The Bertz CT molecular complexity index is 274. The smallest absolute Gasteiger partial charge is 0.240 e. The van der Waals surface area contributed by atoms with Crippen molar-refractivity contribution in [3.8, 4) is 0 Å². The lowest BCUT2D eigenvalue weighted by Crippen LogP contribution is -2.46. The molecule has 84 valence electrons. The van der Waals surface area contributed by atoms with Crippen LogP contribution >= 0.6 is 0 Å². The molecule has 2 aliphatic heterocycles. The van der Waals surface area contributed by atoms with E-state index in [1.54, 1.807) is 4.90 Å². The Morgan fingerprint density at radius 2 is 2.13 bits per heavy atom. The largest absolute Gasteiger partial charge is 0.368 e. The Morgan fingerprint density at radius 1 is 1.33 bits per heavy atom. The molecule has 2 saturated heterocycles. The predicted molar refractivity (Wildman–Crippen MR) is 54.9 cm³/mol. The molecule has 0 aromatic carbocycles. The first-order valence-corrected chi connectivity index (χ1v) is 5.50. The van der Waals surface area contributed by atoms with Crippen molar-refractivity contribution in [3.63, 3.8) is 0 Å². The average molecular weight is 211 g/mol. The van der Waals surface area contributed by atoms with Gasteiger partial charge in [0.25, 0.3) is 0 Å². The van der Waals surface area contributed by atoms with Crippen LogP contribution in [-0.4, -0.2) is 42.4 Å². The number of carbonyl (C=O) groups excluding carboxylic acids is 2. The molecule has 2 amide bonds. The lowest BCUT2D eigenvalue weighted by molar-refractivity contribution is -0.140. The molecule has 5 heteroatoms. The minimum absolute atomic E-state index is 0.0462. The molecule has 2 fully saturated rings. The summed E-state index contributed by atoms with van der Waals surface area (Å²) in [6, 6.07) is -0.363. The number of carbonyl (C=O) groups is 2. The lowest BCUT2D eigenvalue weighted by Gasteiger charge is -2.24. The summed E-state index contributed by atoms with van der Waals surface area (Å²) in [6.07, 6.45) is 2.49. The van der Waals surface area contributed by atoms with Crippen molar-refractivity contribution in [1.29, 1.82) is 0 Å². The van der Waals surface area contributed by atoms with Gasteiger partial charge in [0, 0.05) is 13.1 Å². The molecule has 0 aromatic rings. The van der Waals surface area contributed by atoms with Crippen LogP contribution in [0.1, 0.15) is 19.3 Å². The van der Waals surface area contributed by atoms with Gasteiger partial charge < -0.3 is 16.0 Å². The third-order valence-electron chi connectivity index (χ3n) is 3.27. The van der Waals surface area contributed by atoms with E-state index < -0.39 is 0 Å². The minimum Gasteiger partial charge on any atom is -0.368 e. The van der Waals surface area contributed by atoms with Crippen LogP contribution in [0.3, 0.4) is 0 Å². The molecule has 0 aromatic heterocycles. The Balaban J connectivity index is 2.02. The van der Waals surface area contributed by atoms with E-state index in [1.165, 1.54) is 0 Å². The summed E-state index contributed by atoms with van der Waals surface area (Å²) in [5, 5.41) is 3.16. The summed E-state index contributed by atoms with van der Waals surface area (Å²) in [5.41, 5.74) is 5.28. The van der Waals surface area contributed by atoms with Crippen LogP contribution in [0.4, 0.5) is 0 Å². The number of nitrogens with two attached hydrogens (primary N) is 1. The van der Waals surface area contributed by atoms with Gasteiger partial charge in [0.15, 0.2) is 0 Å². The van der Waals surface area contributed by atoms with Crippen molar-refractivity contribution in [1.82, 2.24) is 10.2 Å². The quantitative estimate of drug-likeness (QED) is 0.620. The van der Waals surface area contributed by atoms with Crippen LogP contribution in [0.2, 0.25) is 0 Å². The van der Waals surface area contributed by atoms with Gasteiger partial charge in [-0.2, -0.15) is 0 Å². The molecule has 3 N–H and O–H groups in total. The number of likely N-dealkylation sites (tertiary alicyclic amines) is 1. The van der Waals surface area contributed by atoms with E-state index in [1.807, 2.05) is 0 Å². The SMILES string of the molecule is NC(=O)C1CCCN1C(=O)C1CCNC1. The zero-order chi connectivity index (χ0) is 10.8. The maximum atomic E-state index is 12.0. The van der Waals surface area contributed by atoms with E-state index in [0.29, 0.717) is 6.54 Å². The molecular weight excluding hydrogens is 194 g/mol. The van der Waals surface area contributed by atoms with Crippen molar-refractivity contribution in [3.05, 3.63) is 0 Å². The lowest BCUT2D eigenvalue weighted by atomic mass is 10.1. The van der Waals surface area contributed by atoms with Gasteiger partial charge in [-0.05, 0) is 25.8 Å². The highest BCUT2D eigenvalue weighted by Gasteiger charge is 2.36. The molecule has 0 saturated carbocycles. The monoisotopic (exact) mass is 211 g/mol. The molecule has 5 nitrogen and oxygen atoms in total. The van der Waals surface area contributed by atoms with Gasteiger partial charge in [0.2, 0.25) is 11.8 Å². The molecule has 2 rings (SSSR count). The zero-order valence-electron chi connectivity index (χ0n) is 8.74. The van der Waals surface area contributed by atoms with Gasteiger partial charge in [0.05, 0.1) is 5.92 Å². The molecule has 0 radical (unpaired) electrons. The second kappa shape index (κ2) is 4.18. The summed E-state index contributed by atoms with van der Waals surface area (Å²) < 4.78 is 0. The number of rotatable bonds is 2. The minimum atomic E-state index is -0.369. The number of primary amides is 1. The first-order chi connectivity index (χ1) is 7.20. The van der Waals surface area contributed by atoms with E-state index >= 15 is 0 Å². The number of nitrogens with one attached hydrogen (secondary N) is 1. The normalized spacial score (nSPS) is 30.8. The van der Waals surface area contributed by atoms with Crippen molar-refractivity contribution in [2.75, 3.05) is 19.6 Å². The van der Waals surface area contributed by atoms with Crippen LogP contribution < -0.4 is 11.1 Å². The molecule has 2 aliphatic rings. The topological polar surface area (TPSA) is 75.4 Å². The highest BCUT2D eigenvalue weighted by Crippen LogP contribution is 2.21. The Hall–Kier alpha value is -1.10. The number of nitrogens with zero attached hydrogens (tertiary/aromatic N) is 1. The van der Waals surface area contributed by atoms with Gasteiger partial charge in [-0.3, -0.25) is 9.59 Å². The van der Waals surface area contributed by atoms with Gasteiger partial charge in [-0.25, -0.2) is 0 Å². The highest BCUT2D eigenvalue weighted by molar-refractivity contribution is 5.88. The molecule has 15 heavy (non-hydrogen) atoms. The van der Waals surface area contributed by atoms with Crippen LogP contribution in [0, 0.1) is 5.92 Å². The molecule has 2 heterocycles. The Morgan fingerprint density at radius 3 is 2.73 bits per heavy atom. The van der Waals surface area contributed by atoms with Gasteiger partial charge in [0.1, 0.15) is 6.04 Å². The van der Waals surface area contributed by atoms with Crippen molar-refractivity contribution in [2.24, 2.45) is 11.7 Å². The number of hydrogen-bond acceptors (Lipinski definition) is 3. The molecule has 2 unspecified atom stereocenters. The van der Waals surface area contributed by atoms with Gasteiger partial charge >= 0.3 is 0 Å². The zero-order valence-corrected chi connectivity index (χ0v) is 8.74. The fourth-order valence-electron chi connectivity index (χ4n) is 2.43. The van der Waals surface area contributed by atoms with Crippen molar-refractivity contribution >= 4 is 11.8 Å². The van der Waals surface area contributed by atoms with Crippen LogP contribution in [-0.2, 0) is 9.59 Å². The maximum absolute atomic E-state index is 12.0. The Kier molecular flexibility index (Phi) is 2.90. The number of hydrogen-bond donors (Lipinski definition) is 2. The second-order valence-corrected chi connectivity index (χ2v) is 4.28. The molecule has 0 aliphatic carbocycles. The summed E-state index contributed by atoms with van der Waals surface area (Å²) >= 11 is 0. The second-order valence-electron chi connectivity index (χ2n) is 4.28. The third-order valence-corrected chi connectivity index (χ3v) is 3.27.